The predicted octanol–water partition coefficient (Wildman–Crippen LogP) is 2.16. The lowest BCUT2D eigenvalue weighted by atomic mass is 10.3. The number of amides is 2. The number of urea groups is 1. The van der Waals surface area contributed by atoms with Gasteiger partial charge in [-0.25, -0.2) is 9.18 Å². The SMILES string of the molecule is CCOC(=O)CNC(=O)Nc1ccc(Cl)cc1F. The molecule has 5 nitrogen and oxygen atoms in total. The van der Waals surface area contributed by atoms with Crippen molar-refractivity contribution in [2.45, 2.75) is 6.92 Å². The zero-order chi connectivity index (χ0) is 13.5. The highest BCUT2D eigenvalue weighted by molar-refractivity contribution is 6.30. The number of anilines is 1. The monoisotopic (exact) mass is 274 g/mol. The molecule has 0 aliphatic heterocycles. The summed E-state index contributed by atoms with van der Waals surface area (Å²) in [6.45, 7) is 1.60. The molecule has 0 fully saturated rings. The van der Waals surface area contributed by atoms with E-state index in [9.17, 15) is 14.0 Å². The van der Waals surface area contributed by atoms with Gasteiger partial charge in [0.05, 0.1) is 12.3 Å². The molecule has 0 atom stereocenters. The molecule has 2 N–H and O–H groups in total. The van der Waals surface area contributed by atoms with Crippen LogP contribution in [0, 0.1) is 5.82 Å². The van der Waals surface area contributed by atoms with E-state index in [0.29, 0.717) is 0 Å². The summed E-state index contributed by atoms with van der Waals surface area (Å²) in [5, 5.41) is 4.70. The number of nitrogens with one attached hydrogen (secondary N) is 2. The van der Waals surface area contributed by atoms with Crippen molar-refractivity contribution in [1.29, 1.82) is 0 Å². The Hall–Kier alpha value is -1.82. The lowest BCUT2D eigenvalue weighted by molar-refractivity contribution is -0.141. The summed E-state index contributed by atoms with van der Waals surface area (Å²) < 4.78 is 17.9. The summed E-state index contributed by atoms with van der Waals surface area (Å²) >= 11 is 5.56. The van der Waals surface area contributed by atoms with E-state index in [2.05, 4.69) is 15.4 Å². The first-order chi connectivity index (χ1) is 8.52. The molecule has 0 bridgehead atoms. The van der Waals surface area contributed by atoms with Crippen LogP contribution < -0.4 is 10.6 Å². The summed E-state index contributed by atoms with van der Waals surface area (Å²) in [5.74, 6) is -1.22. The van der Waals surface area contributed by atoms with Crippen LogP contribution >= 0.6 is 11.6 Å². The largest absolute Gasteiger partial charge is 0.465 e. The van der Waals surface area contributed by atoms with Crippen molar-refractivity contribution < 1.29 is 18.7 Å². The number of ether oxygens (including phenoxy) is 1. The van der Waals surface area contributed by atoms with Crippen molar-refractivity contribution in [3.63, 3.8) is 0 Å². The predicted molar refractivity (Wildman–Crippen MR) is 65.1 cm³/mol. The van der Waals surface area contributed by atoms with Crippen LogP contribution in [-0.2, 0) is 9.53 Å². The fraction of sp³-hybridized carbons (Fsp3) is 0.273. The highest BCUT2D eigenvalue weighted by Crippen LogP contribution is 2.18. The third-order valence-corrected chi connectivity index (χ3v) is 2.11. The summed E-state index contributed by atoms with van der Waals surface area (Å²) in [6, 6.07) is 3.12. The Labute approximate surface area is 108 Å². The summed E-state index contributed by atoms with van der Waals surface area (Å²) in [6.07, 6.45) is 0. The smallest absolute Gasteiger partial charge is 0.325 e. The van der Waals surface area contributed by atoms with E-state index in [0.717, 1.165) is 6.07 Å². The van der Waals surface area contributed by atoms with E-state index in [1.807, 2.05) is 0 Å². The van der Waals surface area contributed by atoms with Gasteiger partial charge in [-0.1, -0.05) is 11.6 Å². The van der Waals surface area contributed by atoms with Crippen LogP contribution in [0.1, 0.15) is 6.92 Å². The molecule has 0 heterocycles. The van der Waals surface area contributed by atoms with Gasteiger partial charge in [0, 0.05) is 5.02 Å². The minimum atomic E-state index is -0.704. The van der Waals surface area contributed by atoms with Gasteiger partial charge in [0.25, 0.3) is 0 Å². The van der Waals surface area contributed by atoms with Crippen molar-refractivity contribution in [2.24, 2.45) is 0 Å². The second-order valence-corrected chi connectivity index (χ2v) is 3.67. The van der Waals surface area contributed by atoms with Gasteiger partial charge in [0.1, 0.15) is 12.4 Å². The average molecular weight is 275 g/mol. The fourth-order valence-electron chi connectivity index (χ4n) is 1.12. The van der Waals surface area contributed by atoms with Crippen molar-refractivity contribution in [3.8, 4) is 0 Å². The standard InChI is InChI=1S/C11H12ClFN2O3/c1-2-18-10(16)6-14-11(17)15-9-4-3-7(12)5-8(9)13/h3-5H,2,6H2,1H3,(H2,14,15,17). The number of carbonyl (C=O) groups excluding carboxylic acids is 2. The lowest BCUT2D eigenvalue weighted by Gasteiger charge is -2.08. The quantitative estimate of drug-likeness (QED) is 0.827. The van der Waals surface area contributed by atoms with Crippen LogP contribution in [0.25, 0.3) is 0 Å². The van der Waals surface area contributed by atoms with E-state index in [1.54, 1.807) is 6.92 Å². The first-order valence-electron chi connectivity index (χ1n) is 5.18. The van der Waals surface area contributed by atoms with Crippen LogP contribution in [0.15, 0.2) is 18.2 Å². The molecule has 0 spiro atoms. The number of rotatable bonds is 4. The summed E-state index contributed by atoms with van der Waals surface area (Å²) in [4.78, 5) is 22.3. The molecule has 1 aromatic rings. The Morgan fingerprint density at radius 2 is 2.17 bits per heavy atom. The fourth-order valence-corrected chi connectivity index (χ4v) is 1.28. The number of carbonyl (C=O) groups is 2. The lowest BCUT2D eigenvalue weighted by Crippen LogP contribution is -2.34. The van der Waals surface area contributed by atoms with E-state index < -0.39 is 17.8 Å². The first-order valence-corrected chi connectivity index (χ1v) is 5.56. The number of hydrogen-bond acceptors (Lipinski definition) is 3. The molecule has 1 aromatic carbocycles. The van der Waals surface area contributed by atoms with Gasteiger partial charge in [0.2, 0.25) is 0 Å². The Morgan fingerprint density at radius 3 is 2.78 bits per heavy atom. The van der Waals surface area contributed by atoms with Gasteiger partial charge in [-0.2, -0.15) is 0 Å². The minimum Gasteiger partial charge on any atom is -0.465 e. The van der Waals surface area contributed by atoms with Crippen molar-refractivity contribution in [1.82, 2.24) is 5.32 Å². The third-order valence-electron chi connectivity index (χ3n) is 1.88. The van der Waals surface area contributed by atoms with Gasteiger partial charge in [-0.15, -0.1) is 0 Å². The Bertz CT molecular complexity index is 454. The molecule has 0 saturated carbocycles. The van der Waals surface area contributed by atoms with Crippen molar-refractivity contribution in [2.75, 3.05) is 18.5 Å². The maximum atomic E-state index is 13.3. The van der Waals surface area contributed by atoms with Gasteiger partial charge in [-0.05, 0) is 25.1 Å². The van der Waals surface area contributed by atoms with Crippen molar-refractivity contribution in [3.05, 3.63) is 29.0 Å². The third kappa shape index (κ3) is 4.58. The topological polar surface area (TPSA) is 67.4 Å². The zero-order valence-electron chi connectivity index (χ0n) is 9.63. The molecule has 98 valence electrons. The molecular weight excluding hydrogens is 263 g/mol. The van der Waals surface area contributed by atoms with Crippen LogP contribution in [-0.4, -0.2) is 25.2 Å². The van der Waals surface area contributed by atoms with Crippen LogP contribution in [0.2, 0.25) is 5.02 Å². The molecule has 0 aliphatic rings. The van der Waals surface area contributed by atoms with E-state index >= 15 is 0 Å². The highest BCUT2D eigenvalue weighted by atomic mass is 35.5. The van der Waals surface area contributed by atoms with Gasteiger partial charge in [-0.3, -0.25) is 4.79 Å². The maximum Gasteiger partial charge on any atom is 0.325 e. The molecule has 0 unspecified atom stereocenters. The van der Waals surface area contributed by atoms with Crippen molar-refractivity contribution >= 4 is 29.3 Å². The normalized spacial score (nSPS) is 9.72. The van der Waals surface area contributed by atoms with Gasteiger partial charge < -0.3 is 15.4 Å². The minimum absolute atomic E-state index is 0.0271. The average Bonchev–Trinajstić information content (AvgIpc) is 2.31. The molecule has 2 amide bonds. The molecule has 7 heteroatoms. The first kappa shape index (κ1) is 14.2. The summed E-state index contributed by atoms with van der Waals surface area (Å²) in [5.41, 5.74) is -0.0271. The molecular formula is C11H12ClFN2O3. The van der Waals surface area contributed by atoms with Crippen LogP contribution in [0.3, 0.4) is 0 Å². The number of esters is 1. The zero-order valence-corrected chi connectivity index (χ0v) is 10.4. The highest BCUT2D eigenvalue weighted by Gasteiger charge is 2.09. The van der Waals surface area contributed by atoms with Crippen LogP contribution in [0.4, 0.5) is 14.9 Å². The molecule has 1 rings (SSSR count). The summed E-state index contributed by atoms with van der Waals surface area (Å²) in [7, 11) is 0. The number of halogens is 2. The molecule has 0 aromatic heterocycles. The Morgan fingerprint density at radius 1 is 1.44 bits per heavy atom. The maximum absolute atomic E-state index is 13.3. The van der Waals surface area contributed by atoms with Gasteiger partial charge >= 0.3 is 12.0 Å². The second-order valence-electron chi connectivity index (χ2n) is 3.24. The Kier molecular flexibility index (Phi) is 5.38. The van der Waals surface area contributed by atoms with E-state index in [1.165, 1.54) is 12.1 Å². The molecule has 0 aliphatic carbocycles. The second kappa shape index (κ2) is 6.80. The number of benzene rings is 1. The number of hydrogen-bond donors (Lipinski definition) is 2. The molecule has 0 radical (unpaired) electrons. The van der Waals surface area contributed by atoms with E-state index in [4.69, 9.17) is 11.6 Å². The van der Waals surface area contributed by atoms with E-state index in [-0.39, 0.29) is 23.9 Å². The molecule has 18 heavy (non-hydrogen) atoms. The van der Waals surface area contributed by atoms with Crippen LogP contribution in [0.5, 0.6) is 0 Å². The Balaban J connectivity index is 2.47. The van der Waals surface area contributed by atoms with Gasteiger partial charge in [0.15, 0.2) is 0 Å². The molecule has 0 saturated heterocycles.